The maximum absolute atomic E-state index is 8.91. The molecule has 2 heteroatoms. The van der Waals surface area contributed by atoms with Gasteiger partial charge in [0.2, 0.25) is 0 Å². The zero-order valence-corrected chi connectivity index (χ0v) is 12.1. The predicted octanol–water partition coefficient (Wildman–Crippen LogP) is 5.75. The molecule has 108 valence electrons. The third-order valence-corrected chi connectivity index (χ3v) is 2.84. The zero-order valence-electron chi connectivity index (χ0n) is 12.1. The fourth-order valence-electron chi connectivity index (χ4n) is 1.72. The van der Waals surface area contributed by atoms with Crippen LogP contribution in [-0.2, 0) is 0 Å². The Labute approximate surface area is 117 Å². The summed E-state index contributed by atoms with van der Waals surface area (Å²) >= 11 is 0. The molecule has 0 spiro atoms. The highest BCUT2D eigenvalue weighted by Crippen LogP contribution is 2.08. The van der Waals surface area contributed by atoms with Crippen LogP contribution in [0.25, 0.3) is 0 Å². The summed E-state index contributed by atoms with van der Waals surface area (Å²) in [6.45, 7) is 2.24. The van der Waals surface area contributed by atoms with Crippen molar-refractivity contribution in [1.82, 2.24) is 0 Å². The largest absolute Gasteiger partial charge is 0.512 e. The van der Waals surface area contributed by atoms with E-state index >= 15 is 0 Å². The summed E-state index contributed by atoms with van der Waals surface area (Å²) in [5.41, 5.74) is 0. The average Bonchev–Trinajstić information content (AvgIpc) is 2.43. The molecule has 19 heavy (non-hydrogen) atoms. The van der Waals surface area contributed by atoms with Crippen molar-refractivity contribution in [2.24, 2.45) is 0 Å². The van der Waals surface area contributed by atoms with E-state index in [0.29, 0.717) is 6.26 Å². The van der Waals surface area contributed by atoms with Gasteiger partial charge in [0.15, 0.2) is 0 Å². The molecule has 0 aromatic carbocycles. The van der Waals surface area contributed by atoms with Crippen molar-refractivity contribution >= 4 is 0 Å². The van der Waals surface area contributed by atoms with Gasteiger partial charge < -0.3 is 10.2 Å². The van der Waals surface area contributed by atoms with Crippen molar-refractivity contribution in [2.75, 3.05) is 0 Å². The first-order valence-electron chi connectivity index (χ1n) is 7.34. The molecule has 0 aromatic rings. The average molecular weight is 264 g/mol. The van der Waals surface area contributed by atoms with Crippen molar-refractivity contribution in [3.63, 3.8) is 0 Å². The minimum Gasteiger partial charge on any atom is -0.512 e. The topological polar surface area (TPSA) is 40.5 Å². The summed E-state index contributed by atoms with van der Waals surface area (Å²) in [6.07, 6.45) is 22.2. The maximum atomic E-state index is 8.91. The van der Waals surface area contributed by atoms with Crippen LogP contribution < -0.4 is 0 Å². The van der Waals surface area contributed by atoms with Gasteiger partial charge in [-0.15, -0.1) is 0 Å². The molecule has 0 aliphatic carbocycles. The Hall–Kier alpha value is -1.44. The summed E-state index contributed by atoms with van der Waals surface area (Å²) < 4.78 is 0. The standard InChI is InChI=1S/C17H28O2/c1-2-3-4-5-6-7-8-9-10-11-12-13-14-15-17(19)16-18/h10-16,18-19H,2-9H2,1H3. The van der Waals surface area contributed by atoms with Crippen LogP contribution in [0.5, 0.6) is 0 Å². The summed E-state index contributed by atoms with van der Waals surface area (Å²) in [5, 5.41) is 17.3. The van der Waals surface area contributed by atoms with Gasteiger partial charge in [0.25, 0.3) is 0 Å². The molecule has 0 amide bonds. The number of hydrogen-bond donors (Lipinski definition) is 2. The second-order valence-electron chi connectivity index (χ2n) is 4.64. The number of allylic oxidation sites excluding steroid dienone is 6. The number of aliphatic hydroxyl groups is 2. The van der Waals surface area contributed by atoms with E-state index in [4.69, 9.17) is 10.2 Å². The lowest BCUT2D eigenvalue weighted by atomic mass is 10.1. The summed E-state index contributed by atoms with van der Waals surface area (Å²) in [7, 11) is 0. The molecule has 0 bridgehead atoms. The van der Waals surface area contributed by atoms with Crippen molar-refractivity contribution in [1.29, 1.82) is 0 Å². The van der Waals surface area contributed by atoms with Crippen LogP contribution in [0.3, 0.4) is 0 Å². The van der Waals surface area contributed by atoms with Crippen LogP contribution in [0, 0.1) is 0 Å². The quantitative estimate of drug-likeness (QED) is 0.283. The summed E-state index contributed by atoms with van der Waals surface area (Å²) in [5.74, 6) is -0.142. The minimum absolute atomic E-state index is 0.142. The van der Waals surface area contributed by atoms with Gasteiger partial charge in [-0.2, -0.15) is 0 Å². The normalized spacial score (nSPS) is 13.2. The molecule has 2 N–H and O–H groups in total. The van der Waals surface area contributed by atoms with E-state index in [2.05, 4.69) is 13.0 Å². The molecule has 0 aliphatic heterocycles. The molecule has 0 aliphatic rings. The molecular weight excluding hydrogens is 236 g/mol. The van der Waals surface area contributed by atoms with Gasteiger partial charge in [-0.3, -0.25) is 0 Å². The van der Waals surface area contributed by atoms with Gasteiger partial charge in [-0.25, -0.2) is 0 Å². The van der Waals surface area contributed by atoms with E-state index < -0.39 is 0 Å². The monoisotopic (exact) mass is 264 g/mol. The van der Waals surface area contributed by atoms with Gasteiger partial charge in [0.05, 0.1) is 0 Å². The molecule has 0 saturated heterocycles. The second-order valence-corrected chi connectivity index (χ2v) is 4.64. The van der Waals surface area contributed by atoms with E-state index in [1.807, 2.05) is 18.2 Å². The fourth-order valence-corrected chi connectivity index (χ4v) is 1.72. The Morgan fingerprint density at radius 2 is 1.47 bits per heavy atom. The maximum Gasteiger partial charge on any atom is 0.149 e. The first-order chi connectivity index (χ1) is 9.31. The van der Waals surface area contributed by atoms with Crippen molar-refractivity contribution < 1.29 is 10.2 Å². The van der Waals surface area contributed by atoms with Gasteiger partial charge in [-0.05, 0) is 18.9 Å². The van der Waals surface area contributed by atoms with Crippen LogP contribution in [0.4, 0.5) is 0 Å². The predicted molar refractivity (Wildman–Crippen MR) is 83.4 cm³/mol. The molecule has 0 aromatic heterocycles. The van der Waals surface area contributed by atoms with Crippen LogP contribution in [0.2, 0.25) is 0 Å². The van der Waals surface area contributed by atoms with Gasteiger partial charge in [0.1, 0.15) is 12.0 Å². The molecule has 0 heterocycles. The van der Waals surface area contributed by atoms with Gasteiger partial charge >= 0.3 is 0 Å². The fraction of sp³-hybridized carbons (Fsp3) is 0.529. The Kier molecular flexibility index (Phi) is 13.5. The van der Waals surface area contributed by atoms with Crippen LogP contribution in [-0.4, -0.2) is 10.2 Å². The Morgan fingerprint density at radius 1 is 0.842 bits per heavy atom. The third-order valence-electron chi connectivity index (χ3n) is 2.84. The second kappa shape index (κ2) is 14.6. The molecule has 0 rings (SSSR count). The first kappa shape index (κ1) is 17.6. The molecule has 0 saturated carbocycles. The lowest BCUT2D eigenvalue weighted by Gasteiger charge is -1.98. The Morgan fingerprint density at radius 3 is 2.16 bits per heavy atom. The summed E-state index contributed by atoms with van der Waals surface area (Å²) in [6, 6.07) is 0. The Balaban J connectivity index is 3.39. The minimum atomic E-state index is -0.142. The molecular formula is C17H28O2. The SMILES string of the molecule is CCCCCCCCCC=CC=CC=CC(O)=CO. The lowest BCUT2D eigenvalue weighted by Crippen LogP contribution is -1.78. The highest BCUT2D eigenvalue weighted by atomic mass is 16.3. The van der Waals surface area contributed by atoms with Crippen LogP contribution >= 0.6 is 0 Å². The van der Waals surface area contributed by atoms with Crippen molar-refractivity contribution in [3.05, 3.63) is 48.5 Å². The van der Waals surface area contributed by atoms with Gasteiger partial charge in [0, 0.05) is 0 Å². The molecule has 0 radical (unpaired) electrons. The molecule has 0 fully saturated rings. The molecule has 0 atom stereocenters. The smallest absolute Gasteiger partial charge is 0.149 e. The highest BCUT2D eigenvalue weighted by molar-refractivity contribution is 5.17. The van der Waals surface area contributed by atoms with Gasteiger partial charge in [-0.1, -0.05) is 75.8 Å². The van der Waals surface area contributed by atoms with Crippen LogP contribution in [0.1, 0.15) is 58.3 Å². The highest BCUT2D eigenvalue weighted by Gasteiger charge is 1.88. The van der Waals surface area contributed by atoms with E-state index in [-0.39, 0.29) is 5.76 Å². The first-order valence-corrected chi connectivity index (χ1v) is 7.34. The number of rotatable bonds is 11. The van der Waals surface area contributed by atoms with Crippen molar-refractivity contribution in [3.8, 4) is 0 Å². The number of aliphatic hydroxyl groups excluding tert-OH is 2. The van der Waals surface area contributed by atoms with E-state index in [9.17, 15) is 0 Å². The zero-order chi connectivity index (χ0) is 14.2. The van der Waals surface area contributed by atoms with E-state index in [1.54, 1.807) is 6.08 Å². The number of hydrogen-bond acceptors (Lipinski definition) is 2. The van der Waals surface area contributed by atoms with Crippen LogP contribution in [0.15, 0.2) is 48.5 Å². The number of unbranched alkanes of at least 4 members (excludes halogenated alkanes) is 7. The van der Waals surface area contributed by atoms with Crippen molar-refractivity contribution in [2.45, 2.75) is 58.3 Å². The summed E-state index contributed by atoms with van der Waals surface area (Å²) in [4.78, 5) is 0. The molecule has 0 unspecified atom stereocenters. The third kappa shape index (κ3) is 14.5. The molecule has 2 nitrogen and oxygen atoms in total. The lowest BCUT2D eigenvalue weighted by molar-refractivity contribution is 0.377. The van der Waals surface area contributed by atoms with E-state index in [1.165, 1.54) is 51.0 Å². The van der Waals surface area contributed by atoms with E-state index in [0.717, 1.165) is 6.42 Å². The Bertz CT molecular complexity index is 298.